The Morgan fingerprint density at radius 3 is 1.86 bits per heavy atom. The van der Waals surface area contributed by atoms with E-state index in [0.29, 0.717) is 24.0 Å². The number of halogens is 1. The van der Waals surface area contributed by atoms with Gasteiger partial charge in [-0.05, 0) is 27.7 Å². The summed E-state index contributed by atoms with van der Waals surface area (Å²) in [6.45, 7) is 11.4. The van der Waals surface area contributed by atoms with Gasteiger partial charge in [0, 0.05) is 5.56 Å². The molecule has 0 atom stereocenters. The molecule has 0 bridgehead atoms. The highest BCUT2D eigenvalue weighted by Gasteiger charge is 2.37. The van der Waals surface area contributed by atoms with Gasteiger partial charge in [0.25, 0.3) is 0 Å². The van der Waals surface area contributed by atoms with Crippen LogP contribution in [0, 0.1) is 0 Å². The molecule has 1 aromatic carbocycles. The number of nitrogens with zero attached hydrogens (tertiary/aromatic N) is 1. The number of rotatable bonds is 10. The van der Waals surface area contributed by atoms with Crippen molar-refractivity contribution in [1.82, 2.24) is 0 Å². The maximum absolute atomic E-state index is 12.9. The third kappa shape index (κ3) is 6.39. The van der Waals surface area contributed by atoms with Crippen molar-refractivity contribution in [2.75, 3.05) is 32.6 Å². The Morgan fingerprint density at radius 2 is 1.45 bits per heavy atom. The lowest BCUT2D eigenvalue weighted by Crippen LogP contribution is -3.00. The maximum atomic E-state index is 12.9. The van der Waals surface area contributed by atoms with Gasteiger partial charge in [0.1, 0.15) is 6.54 Å². The van der Waals surface area contributed by atoms with Crippen molar-refractivity contribution in [2.45, 2.75) is 34.2 Å². The Bertz CT molecular complexity index is 442. The van der Waals surface area contributed by atoms with Gasteiger partial charge in [-0.15, -0.1) is 0 Å². The SMILES string of the molecule is CCOP(=O)(C[N+](CC)(CC)Cc1ccccc1)OCC.[Cl-]. The molecule has 0 heterocycles. The largest absolute Gasteiger partial charge is 1.00 e. The van der Waals surface area contributed by atoms with E-state index in [4.69, 9.17) is 9.05 Å². The molecule has 0 aromatic heterocycles. The molecule has 0 saturated carbocycles. The quantitative estimate of drug-likeness (QED) is 0.471. The van der Waals surface area contributed by atoms with E-state index >= 15 is 0 Å². The van der Waals surface area contributed by atoms with Gasteiger partial charge in [-0.2, -0.15) is 0 Å². The van der Waals surface area contributed by atoms with Gasteiger partial charge in [0.15, 0.2) is 6.29 Å². The van der Waals surface area contributed by atoms with Crippen LogP contribution in [0.2, 0.25) is 0 Å². The molecular weight excluding hydrogens is 321 g/mol. The lowest BCUT2D eigenvalue weighted by atomic mass is 10.2. The third-order valence-corrected chi connectivity index (χ3v) is 6.08. The van der Waals surface area contributed by atoms with E-state index in [1.165, 1.54) is 5.56 Å². The van der Waals surface area contributed by atoms with Crippen molar-refractivity contribution in [1.29, 1.82) is 0 Å². The van der Waals surface area contributed by atoms with Crippen molar-refractivity contribution in [3.8, 4) is 0 Å². The summed E-state index contributed by atoms with van der Waals surface area (Å²) in [6, 6.07) is 10.3. The molecule has 0 aliphatic rings. The highest BCUT2D eigenvalue weighted by Crippen LogP contribution is 2.50. The first-order chi connectivity index (χ1) is 10.0. The van der Waals surface area contributed by atoms with Crippen LogP contribution in [-0.2, 0) is 20.2 Å². The molecule has 0 radical (unpaired) electrons. The van der Waals surface area contributed by atoms with Crippen molar-refractivity contribution < 1.29 is 30.5 Å². The molecule has 6 heteroatoms. The van der Waals surface area contributed by atoms with Crippen LogP contribution in [0.15, 0.2) is 30.3 Å². The van der Waals surface area contributed by atoms with E-state index in [1.54, 1.807) is 0 Å². The number of quaternary nitrogens is 1. The van der Waals surface area contributed by atoms with E-state index in [0.717, 1.165) is 19.6 Å². The van der Waals surface area contributed by atoms with Crippen LogP contribution in [0.4, 0.5) is 0 Å². The molecular formula is C16H29ClNO3P. The van der Waals surface area contributed by atoms with E-state index in [9.17, 15) is 4.57 Å². The zero-order valence-corrected chi connectivity index (χ0v) is 15.8. The predicted octanol–water partition coefficient (Wildman–Crippen LogP) is 1.27. The minimum Gasteiger partial charge on any atom is -1.00 e. The van der Waals surface area contributed by atoms with Gasteiger partial charge in [-0.25, -0.2) is 0 Å². The number of hydrogen-bond acceptors (Lipinski definition) is 3. The second-order valence-electron chi connectivity index (χ2n) is 5.21. The van der Waals surface area contributed by atoms with Gasteiger partial charge >= 0.3 is 7.60 Å². The summed E-state index contributed by atoms with van der Waals surface area (Å²) >= 11 is 0. The average Bonchev–Trinajstić information content (AvgIpc) is 2.48. The Kier molecular flexibility index (Phi) is 10.2. The average molecular weight is 350 g/mol. The molecule has 0 saturated heterocycles. The second-order valence-corrected chi connectivity index (χ2v) is 7.23. The van der Waals surface area contributed by atoms with E-state index in [1.807, 2.05) is 32.0 Å². The first-order valence-corrected chi connectivity index (χ1v) is 9.53. The minimum absolute atomic E-state index is 0. The fraction of sp³-hybridized carbons (Fsp3) is 0.625. The van der Waals surface area contributed by atoms with Crippen molar-refractivity contribution in [3.05, 3.63) is 35.9 Å². The minimum atomic E-state index is -3.04. The molecule has 0 spiro atoms. The van der Waals surface area contributed by atoms with Gasteiger partial charge < -0.3 is 25.9 Å². The molecule has 22 heavy (non-hydrogen) atoms. The summed E-state index contributed by atoms with van der Waals surface area (Å²) < 4.78 is 24.6. The topological polar surface area (TPSA) is 35.5 Å². The monoisotopic (exact) mass is 349 g/mol. The lowest BCUT2D eigenvalue weighted by Gasteiger charge is -2.38. The van der Waals surface area contributed by atoms with E-state index in [-0.39, 0.29) is 12.4 Å². The fourth-order valence-electron chi connectivity index (χ4n) is 2.55. The summed E-state index contributed by atoms with van der Waals surface area (Å²) in [7, 11) is -3.04. The van der Waals surface area contributed by atoms with Crippen LogP contribution in [0.25, 0.3) is 0 Å². The molecule has 128 valence electrons. The van der Waals surface area contributed by atoms with Gasteiger partial charge in [0.05, 0.1) is 26.3 Å². The lowest BCUT2D eigenvalue weighted by molar-refractivity contribution is -0.928. The summed E-state index contributed by atoms with van der Waals surface area (Å²) in [6.07, 6.45) is 0.427. The zero-order chi connectivity index (χ0) is 15.8. The summed E-state index contributed by atoms with van der Waals surface area (Å²) in [5, 5.41) is 0. The van der Waals surface area contributed by atoms with Gasteiger partial charge in [-0.1, -0.05) is 30.3 Å². The first-order valence-electron chi connectivity index (χ1n) is 7.80. The Hall–Kier alpha value is -0.380. The van der Waals surface area contributed by atoms with Crippen LogP contribution in [0.5, 0.6) is 0 Å². The second kappa shape index (κ2) is 10.4. The first kappa shape index (κ1) is 21.6. The molecule has 0 amide bonds. The van der Waals surface area contributed by atoms with Crippen LogP contribution in [0.3, 0.4) is 0 Å². The van der Waals surface area contributed by atoms with E-state index < -0.39 is 7.60 Å². The molecule has 0 aliphatic heterocycles. The Balaban J connectivity index is 0.00000441. The standard InChI is InChI=1S/C16H29NO3P.ClH/c1-5-17(6-2,14-16-12-10-9-11-13-16)15-21(18,19-7-3)20-8-4;/h9-13H,5-8,14-15H2,1-4H3;1H/q+1;/p-1. The summed E-state index contributed by atoms with van der Waals surface area (Å²) in [5.41, 5.74) is 1.25. The third-order valence-electron chi connectivity index (χ3n) is 3.83. The zero-order valence-electron chi connectivity index (χ0n) is 14.1. The van der Waals surface area contributed by atoms with Crippen LogP contribution in [0.1, 0.15) is 33.3 Å². The summed E-state index contributed by atoms with van der Waals surface area (Å²) in [4.78, 5) is 0. The number of hydrogen-bond donors (Lipinski definition) is 0. The van der Waals surface area contributed by atoms with Crippen LogP contribution >= 0.6 is 7.60 Å². The molecule has 1 rings (SSSR count). The maximum Gasteiger partial charge on any atom is 0.384 e. The highest BCUT2D eigenvalue weighted by molar-refractivity contribution is 7.53. The predicted molar refractivity (Wildman–Crippen MR) is 87.2 cm³/mol. The van der Waals surface area contributed by atoms with E-state index in [2.05, 4.69) is 26.0 Å². The normalized spacial score (nSPS) is 12.0. The van der Waals surface area contributed by atoms with Gasteiger partial charge in [0.2, 0.25) is 0 Å². The van der Waals surface area contributed by atoms with Crippen molar-refractivity contribution >= 4 is 7.60 Å². The molecule has 0 N–H and O–H groups in total. The molecule has 4 nitrogen and oxygen atoms in total. The Labute approximate surface area is 141 Å². The molecule has 0 aliphatic carbocycles. The van der Waals surface area contributed by atoms with Crippen molar-refractivity contribution in [2.24, 2.45) is 0 Å². The Morgan fingerprint density at radius 1 is 0.955 bits per heavy atom. The smallest absolute Gasteiger partial charge is 0.384 e. The molecule has 0 fully saturated rings. The van der Waals surface area contributed by atoms with Crippen LogP contribution < -0.4 is 12.4 Å². The highest BCUT2D eigenvalue weighted by atomic mass is 35.5. The van der Waals surface area contributed by atoms with Gasteiger partial charge in [-0.3, -0.25) is 4.57 Å². The van der Waals surface area contributed by atoms with Crippen molar-refractivity contribution in [3.63, 3.8) is 0 Å². The molecule has 0 unspecified atom stereocenters. The molecule has 1 aromatic rings. The fourth-order valence-corrected chi connectivity index (χ4v) is 4.81. The van der Waals surface area contributed by atoms with Crippen LogP contribution in [-0.4, -0.2) is 37.1 Å². The summed E-state index contributed by atoms with van der Waals surface area (Å²) in [5.74, 6) is 0. The number of benzene rings is 1.